The van der Waals surface area contributed by atoms with Crippen molar-refractivity contribution in [2.45, 2.75) is 16.7 Å². The van der Waals surface area contributed by atoms with Crippen molar-refractivity contribution in [2.24, 2.45) is 5.10 Å². The number of para-hydroxylation sites is 1. The van der Waals surface area contributed by atoms with Crippen molar-refractivity contribution in [3.05, 3.63) is 94.0 Å². The zero-order chi connectivity index (χ0) is 22.2. The Hall–Kier alpha value is -3.98. The van der Waals surface area contributed by atoms with E-state index in [-0.39, 0.29) is 17.5 Å². The minimum Gasteiger partial charge on any atom is -0.325 e. The van der Waals surface area contributed by atoms with Gasteiger partial charge in [-0.2, -0.15) is 5.10 Å². The molecule has 0 fully saturated rings. The van der Waals surface area contributed by atoms with Gasteiger partial charge in [0.1, 0.15) is 0 Å². The Balaban J connectivity index is 1.78. The molecule has 0 aliphatic carbocycles. The molecule has 0 aliphatic rings. The molecule has 3 rings (SSSR count). The summed E-state index contributed by atoms with van der Waals surface area (Å²) in [7, 11) is 0. The first-order chi connectivity index (χ1) is 14.9. The number of nitro benzene ring substituents is 1. The van der Waals surface area contributed by atoms with E-state index in [2.05, 4.69) is 15.8 Å². The molecule has 3 aromatic rings. The van der Waals surface area contributed by atoms with Crippen LogP contribution in [0.3, 0.4) is 0 Å². The number of nitrogens with one attached hydrogen (secondary N) is 2. The van der Waals surface area contributed by atoms with Gasteiger partial charge in [0.2, 0.25) is 5.91 Å². The number of carbonyl (C=O) groups is 2. The second-order valence-corrected chi connectivity index (χ2v) is 7.41. The number of hydrazone groups is 1. The number of benzene rings is 3. The van der Waals surface area contributed by atoms with Crippen LogP contribution in [-0.2, 0) is 4.79 Å². The average Bonchev–Trinajstić information content (AvgIpc) is 2.76. The molecular weight excluding hydrogens is 416 g/mol. The highest BCUT2D eigenvalue weighted by atomic mass is 32.2. The molecule has 0 bridgehead atoms. The Labute approximate surface area is 182 Å². The maximum absolute atomic E-state index is 12.0. The molecule has 8 nitrogen and oxygen atoms in total. The fraction of sp³-hybridized carbons (Fsp3) is 0.0455. The van der Waals surface area contributed by atoms with Crippen LogP contribution in [0.1, 0.15) is 22.8 Å². The zero-order valence-corrected chi connectivity index (χ0v) is 17.3. The molecule has 0 aliphatic heterocycles. The molecule has 31 heavy (non-hydrogen) atoms. The summed E-state index contributed by atoms with van der Waals surface area (Å²) in [5.74, 6) is -0.611. The van der Waals surface area contributed by atoms with E-state index < -0.39 is 4.92 Å². The molecule has 0 unspecified atom stereocenters. The van der Waals surface area contributed by atoms with E-state index >= 15 is 0 Å². The minimum absolute atomic E-state index is 0.110. The van der Waals surface area contributed by atoms with Crippen LogP contribution in [0.4, 0.5) is 11.4 Å². The standard InChI is InChI=1S/C22H18N4O4S/c1-15(27)24-18-9-5-6-10-20(18)31-21-12-11-16(13-19(21)26(29)30)14-23-25-22(28)17-7-3-2-4-8-17/h2-14H,1H3,(H,24,27)(H,25,28)/b23-14+. The monoisotopic (exact) mass is 434 g/mol. The lowest BCUT2D eigenvalue weighted by atomic mass is 10.2. The summed E-state index contributed by atoms with van der Waals surface area (Å²) in [6, 6.07) is 20.3. The number of nitrogens with zero attached hydrogens (tertiary/aromatic N) is 2. The average molecular weight is 434 g/mol. The largest absolute Gasteiger partial charge is 0.325 e. The molecule has 156 valence electrons. The fourth-order valence-corrected chi connectivity index (χ4v) is 3.62. The van der Waals surface area contributed by atoms with Crippen molar-refractivity contribution in [3.63, 3.8) is 0 Å². The van der Waals surface area contributed by atoms with Gasteiger partial charge in [0.25, 0.3) is 11.6 Å². The van der Waals surface area contributed by atoms with Crippen LogP contribution in [0.2, 0.25) is 0 Å². The Morgan fingerprint density at radius 2 is 1.71 bits per heavy atom. The second kappa shape index (κ2) is 10.2. The van der Waals surface area contributed by atoms with Gasteiger partial charge in [-0.1, -0.05) is 48.2 Å². The van der Waals surface area contributed by atoms with Gasteiger partial charge in [0, 0.05) is 29.0 Å². The smallest absolute Gasteiger partial charge is 0.283 e. The maximum atomic E-state index is 12.0. The van der Waals surface area contributed by atoms with Crippen molar-refractivity contribution in [1.82, 2.24) is 5.43 Å². The highest BCUT2D eigenvalue weighted by molar-refractivity contribution is 7.99. The van der Waals surface area contributed by atoms with Gasteiger partial charge >= 0.3 is 0 Å². The van der Waals surface area contributed by atoms with E-state index in [4.69, 9.17) is 0 Å². The van der Waals surface area contributed by atoms with E-state index in [0.717, 1.165) is 0 Å². The first-order valence-corrected chi connectivity index (χ1v) is 9.97. The van der Waals surface area contributed by atoms with Gasteiger partial charge in [0.15, 0.2) is 0 Å². The summed E-state index contributed by atoms with van der Waals surface area (Å²) < 4.78 is 0. The van der Waals surface area contributed by atoms with Crippen molar-refractivity contribution < 1.29 is 14.5 Å². The van der Waals surface area contributed by atoms with E-state index in [1.54, 1.807) is 66.7 Å². The number of rotatable bonds is 7. The fourth-order valence-electron chi connectivity index (χ4n) is 2.63. The molecule has 9 heteroatoms. The first kappa shape index (κ1) is 21.7. The number of hydrogen-bond acceptors (Lipinski definition) is 6. The summed E-state index contributed by atoms with van der Waals surface area (Å²) in [6.45, 7) is 1.40. The topological polar surface area (TPSA) is 114 Å². The van der Waals surface area contributed by atoms with E-state index in [1.807, 2.05) is 0 Å². The van der Waals surface area contributed by atoms with Crippen molar-refractivity contribution in [3.8, 4) is 0 Å². The van der Waals surface area contributed by atoms with Crippen LogP contribution in [0.15, 0.2) is 87.7 Å². The quantitative estimate of drug-likeness (QED) is 0.324. The lowest BCUT2D eigenvalue weighted by Crippen LogP contribution is -2.17. The summed E-state index contributed by atoms with van der Waals surface area (Å²) in [6.07, 6.45) is 1.34. The Kier molecular flexibility index (Phi) is 7.13. The third-order valence-corrected chi connectivity index (χ3v) is 5.15. The highest BCUT2D eigenvalue weighted by Crippen LogP contribution is 2.38. The Bertz CT molecular complexity index is 1150. The van der Waals surface area contributed by atoms with E-state index in [9.17, 15) is 19.7 Å². The maximum Gasteiger partial charge on any atom is 0.283 e. The molecule has 0 spiro atoms. The Morgan fingerprint density at radius 3 is 2.42 bits per heavy atom. The summed E-state index contributed by atoms with van der Waals surface area (Å²) in [5, 5.41) is 18.2. The molecule has 0 saturated heterocycles. The number of anilines is 1. The first-order valence-electron chi connectivity index (χ1n) is 9.15. The molecule has 0 saturated carbocycles. The number of hydrogen-bond donors (Lipinski definition) is 2. The van der Waals surface area contributed by atoms with Crippen LogP contribution in [0.25, 0.3) is 0 Å². The number of nitro groups is 1. The minimum atomic E-state index is -0.483. The van der Waals surface area contributed by atoms with Gasteiger partial charge in [-0.3, -0.25) is 19.7 Å². The van der Waals surface area contributed by atoms with E-state index in [1.165, 1.54) is 31.0 Å². The predicted octanol–water partition coefficient (Wildman–Crippen LogP) is 4.47. The van der Waals surface area contributed by atoms with Crippen molar-refractivity contribution >= 4 is 41.2 Å². The van der Waals surface area contributed by atoms with Crippen LogP contribution < -0.4 is 10.7 Å². The summed E-state index contributed by atoms with van der Waals surface area (Å²) in [4.78, 5) is 35.6. The van der Waals surface area contributed by atoms with E-state index in [0.29, 0.717) is 26.6 Å². The lowest BCUT2D eigenvalue weighted by molar-refractivity contribution is -0.387. The molecule has 2 N–H and O–H groups in total. The highest BCUT2D eigenvalue weighted by Gasteiger charge is 2.17. The van der Waals surface area contributed by atoms with Crippen LogP contribution in [0, 0.1) is 10.1 Å². The molecule has 0 radical (unpaired) electrons. The summed E-state index contributed by atoms with van der Waals surface area (Å²) >= 11 is 1.18. The van der Waals surface area contributed by atoms with Gasteiger partial charge in [-0.15, -0.1) is 0 Å². The van der Waals surface area contributed by atoms with Gasteiger partial charge in [-0.25, -0.2) is 5.43 Å². The molecule has 0 atom stereocenters. The Morgan fingerprint density at radius 1 is 1.00 bits per heavy atom. The third-order valence-electron chi connectivity index (χ3n) is 4.01. The molecule has 0 aromatic heterocycles. The molecule has 3 aromatic carbocycles. The van der Waals surface area contributed by atoms with Crippen LogP contribution >= 0.6 is 11.8 Å². The number of carbonyl (C=O) groups excluding carboxylic acids is 2. The van der Waals surface area contributed by atoms with Gasteiger partial charge in [0.05, 0.1) is 21.7 Å². The van der Waals surface area contributed by atoms with Crippen molar-refractivity contribution in [2.75, 3.05) is 5.32 Å². The normalized spacial score (nSPS) is 10.6. The lowest BCUT2D eigenvalue weighted by Gasteiger charge is -2.10. The number of amides is 2. The van der Waals surface area contributed by atoms with Gasteiger partial charge < -0.3 is 5.32 Å². The van der Waals surface area contributed by atoms with Gasteiger partial charge in [-0.05, 0) is 30.3 Å². The van der Waals surface area contributed by atoms with Crippen LogP contribution in [0.5, 0.6) is 0 Å². The van der Waals surface area contributed by atoms with Crippen LogP contribution in [-0.4, -0.2) is 23.0 Å². The molecule has 2 amide bonds. The van der Waals surface area contributed by atoms with Crippen molar-refractivity contribution in [1.29, 1.82) is 0 Å². The molecular formula is C22H18N4O4S. The molecule has 0 heterocycles. The third kappa shape index (κ3) is 6.00. The zero-order valence-electron chi connectivity index (χ0n) is 16.4. The SMILES string of the molecule is CC(=O)Nc1ccccc1Sc1ccc(/C=N/NC(=O)c2ccccc2)cc1[N+](=O)[O-]. The second-order valence-electron chi connectivity index (χ2n) is 6.33. The summed E-state index contributed by atoms with van der Waals surface area (Å²) in [5.41, 5.74) is 3.77. The predicted molar refractivity (Wildman–Crippen MR) is 119 cm³/mol.